The number of aryl methyl sites for hydroxylation is 2. The first-order valence-corrected chi connectivity index (χ1v) is 9.63. The van der Waals surface area contributed by atoms with Crippen LogP contribution in [-0.2, 0) is 14.3 Å². The number of esters is 1. The van der Waals surface area contributed by atoms with Crippen LogP contribution in [0.1, 0.15) is 50.2 Å². The van der Waals surface area contributed by atoms with Gasteiger partial charge in [-0.2, -0.15) is 0 Å². The third kappa shape index (κ3) is 6.55. The van der Waals surface area contributed by atoms with Crippen molar-refractivity contribution in [2.75, 3.05) is 11.5 Å². The maximum Gasteiger partial charge on any atom is 0.305 e. The van der Waals surface area contributed by atoms with Gasteiger partial charge in [0.25, 0.3) is 0 Å². The SMILES string of the molecule is CCCCOC(=O)CCCC(=O)N(c1ccc(C)cc1)c1ccc(C)cc1. The molecule has 4 heteroatoms. The van der Waals surface area contributed by atoms with Crippen LogP contribution in [0, 0.1) is 13.8 Å². The average Bonchev–Trinajstić information content (AvgIpc) is 2.65. The van der Waals surface area contributed by atoms with E-state index in [-0.39, 0.29) is 18.3 Å². The van der Waals surface area contributed by atoms with E-state index in [1.165, 1.54) is 0 Å². The Balaban J connectivity index is 2.04. The zero-order chi connectivity index (χ0) is 19.6. The number of ether oxygens (including phenoxy) is 1. The van der Waals surface area contributed by atoms with E-state index in [1.807, 2.05) is 62.4 Å². The van der Waals surface area contributed by atoms with Gasteiger partial charge in [0.2, 0.25) is 5.91 Å². The summed E-state index contributed by atoms with van der Waals surface area (Å²) in [6, 6.07) is 15.8. The molecule has 0 atom stereocenters. The quantitative estimate of drug-likeness (QED) is 0.435. The van der Waals surface area contributed by atoms with Gasteiger partial charge in [0, 0.05) is 24.2 Å². The van der Waals surface area contributed by atoms with Gasteiger partial charge in [-0.15, -0.1) is 0 Å². The standard InChI is InChI=1S/C23H29NO3/c1-4-5-17-27-23(26)8-6-7-22(25)24(20-13-9-18(2)10-14-20)21-15-11-19(3)12-16-21/h9-16H,4-8,17H2,1-3H3. The topological polar surface area (TPSA) is 46.6 Å². The minimum absolute atomic E-state index is 0.0240. The zero-order valence-corrected chi connectivity index (χ0v) is 16.5. The normalized spacial score (nSPS) is 10.5. The van der Waals surface area contributed by atoms with Gasteiger partial charge in [-0.05, 0) is 51.0 Å². The molecule has 2 aromatic carbocycles. The van der Waals surface area contributed by atoms with Crippen LogP contribution in [0.15, 0.2) is 48.5 Å². The van der Waals surface area contributed by atoms with Crippen molar-refractivity contribution >= 4 is 23.3 Å². The molecule has 0 fully saturated rings. The molecule has 0 saturated carbocycles. The van der Waals surface area contributed by atoms with Crippen molar-refractivity contribution in [2.45, 2.75) is 52.9 Å². The second-order valence-electron chi connectivity index (χ2n) is 6.83. The van der Waals surface area contributed by atoms with Crippen LogP contribution >= 0.6 is 0 Å². The molecule has 0 aromatic heterocycles. The molecule has 27 heavy (non-hydrogen) atoms. The number of rotatable bonds is 9. The van der Waals surface area contributed by atoms with Crippen LogP contribution in [0.4, 0.5) is 11.4 Å². The van der Waals surface area contributed by atoms with Gasteiger partial charge in [0.15, 0.2) is 0 Å². The molecule has 2 rings (SSSR count). The number of carbonyl (C=O) groups excluding carboxylic acids is 2. The number of unbranched alkanes of at least 4 members (excludes halogenated alkanes) is 1. The van der Waals surface area contributed by atoms with Crippen molar-refractivity contribution in [1.82, 2.24) is 0 Å². The largest absolute Gasteiger partial charge is 0.466 e. The van der Waals surface area contributed by atoms with Gasteiger partial charge in [-0.1, -0.05) is 48.7 Å². The summed E-state index contributed by atoms with van der Waals surface area (Å²) in [6.45, 7) is 6.55. The van der Waals surface area contributed by atoms with Gasteiger partial charge in [0.05, 0.1) is 6.61 Å². The van der Waals surface area contributed by atoms with E-state index in [1.54, 1.807) is 4.90 Å². The Morgan fingerprint density at radius 3 is 1.81 bits per heavy atom. The summed E-state index contributed by atoms with van der Waals surface area (Å²) < 4.78 is 5.16. The second-order valence-corrected chi connectivity index (χ2v) is 6.83. The Morgan fingerprint density at radius 1 is 0.815 bits per heavy atom. The molecule has 0 N–H and O–H groups in total. The number of nitrogens with zero attached hydrogens (tertiary/aromatic N) is 1. The van der Waals surface area contributed by atoms with Gasteiger partial charge in [-0.25, -0.2) is 0 Å². The van der Waals surface area contributed by atoms with Crippen LogP contribution in [-0.4, -0.2) is 18.5 Å². The van der Waals surface area contributed by atoms with Crippen molar-refractivity contribution in [3.63, 3.8) is 0 Å². The number of hydrogen-bond donors (Lipinski definition) is 0. The van der Waals surface area contributed by atoms with E-state index < -0.39 is 0 Å². The van der Waals surface area contributed by atoms with E-state index in [2.05, 4.69) is 6.92 Å². The molecule has 0 aliphatic heterocycles. The van der Waals surface area contributed by atoms with Crippen molar-refractivity contribution < 1.29 is 14.3 Å². The fraction of sp³-hybridized carbons (Fsp3) is 0.391. The lowest BCUT2D eigenvalue weighted by atomic mass is 10.1. The van der Waals surface area contributed by atoms with Gasteiger partial charge >= 0.3 is 5.97 Å². The predicted octanol–water partition coefficient (Wildman–Crippen LogP) is 5.48. The molecule has 0 bridgehead atoms. The molecule has 2 aromatic rings. The van der Waals surface area contributed by atoms with Crippen molar-refractivity contribution in [3.8, 4) is 0 Å². The summed E-state index contributed by atoms with van der Waals surface area (Å²) in [5.74, 6) is -0.252. The van der Waals surface area contributed by atoms with Crippen molar-refractivity contribution in [3.05, 3.63) is 59.7 Å². The lowest BCUT2D eigenvalue weighted by molar-refractivity contribution is -0.143. The number of benzene rings is 2. The molecular formula is C23H29NO3. The highest BCUT2D eigenvalue weighted by atomic mass is 16.5. The van der Waals surface area contributed by atoms with Gasteiger partial charge in [-0.3, -0.25) is 14.5 Å². The summed E-state index contributed by atoms with van der Waals surface area (Å²) in [6.07, 6.45) is 2.92. The maximum absolute atomic E-state index is 12.9. The minimum atomic E-state index is -0.228. The highest BCUT2D eigenvalue weighted by Crippen LogP contribution is 2.27. The van der Waals surface area contributed by atoms with Crippen molar-refractivity contribution in [1.29, 1.82) is 0 Å². The first-order valence-electron chi connectivity index (χ1n) is 9.63. The molecule has 0 saturated heterocycles. The Labute approximate surface area is 162 Å². The number of hydrogen-bond acceptors (Lipinski definition) is 3. The smallest absolute Gasteiger partial charge is 0.305 e. The fourth-order valence-electron chi connectivity index (χ4n) is 2.72. The lowest BCUT2D eigenvalue weighted by Gasteiger charge is -2.23. The summed E-state index contributed by atoms with van der Waals surface area (Å²) >= 11 is 0. The molecule has 144 valence electrons. The second kappa shape index (κ2) is 10.5. The average molecular weight is 367 g/mol. The van der Waals surface area contributed by atoms with Crippen LogP contribution < -0.4 is 4.90 Å². The zero-order valence-electron chi connectivity index (χ0n) is 16.5. The number of carbonyl (C=O) groups is 2. The lowest BCUT2D eigenvalue weighted by Crippen LogP contribution is -2.25. The van der Waals surface area contributed by atoms with E-state index in [0.29, 0.717) is 19.4 Å². The summed E-state index contributed by atoms with van der Waals surface area (Å²) in [4.78, 5) is 26.4. The van der Waals surface area contributed by atoms with Crippen LogP contribution in [0.5, 0.6) is 0 Å². The highest BCUT2D eigenvalue weighted by molar-refractivity contribution is 6.00. The first kappa shape index (κ1) is 20.7. The molecule has 0 aliphatic carbocycles. The third-order valence-corrected chi connectivity index (χ3v) is 4.37. The Morgan fingerprint density at radius 2 is 1.33 bits per heavy atom. The molecular weight excluding hydrogens is 338 g/mol. The summed E-state index contributed by atoms with van der Waals surface area (Å²) in [7, 11) is 0. The molecule has 0 heterocycles. The Kier molecular flexibility index (Phi) is 8.05. The summed E-state index contributed by atoms with van der Waals surface area (Å²) in [5.41, 5.74) is 3.95. The van der Waals surface area contributed by atoms with Crippen LogP contribution in [0.3, 0.4) is 0 Å². The molecule has 0 aliphatic rings. The monoisotopic (exact) mass is 367 g/mol. The van der Waals surface area contributed by atoms with E-state index in [9.17, 15) is 9.59 Å². The van der Waals surface area contributed by atoms with Crippen LogP contribution in [0.2, 0.25) is 0 Å². The highest BCUT2D eigenvalue weighted by Gasteiger charge is 2.18. The third-order valence-electron chi connectivity index (χ3n) is 4.37. The Bertz CT molecular complexity index is 690. The van der Waals surface area contributed by atoms with Crippen molar-refractivity contribution in [2.24, 2.45) is 0 Å². The fourth-order valence-corrected chi connectivity index (χ4v) is 2.72. The Hall–Kier alpha value is -2.62. The van der Waals surface area contributed by atoms with Crippen LogP contribution in [0.25, 0.3) is 0 Å². The predicted molar refractivity (Wildman–Crippen MR) is 109 cm³/mol. The molecule has 4 nitrogen and oxygen atoms in total. The first-order chi connectivity index (χ1) is 13.0. The number of amides is 1. The van der Waals surface area contributed by atoms with E-state index in [0.717, 1.165) is 35.3 Å². The summed E-state index contributed by atoms with van der Waals surface area (Å²) in [5, 5.41) is 0. The molecule has 0 radical (unpaired) electrons. The minimum Gasteiger partial charge on any atom is -0.466 e. The van der Waals surface area contributed by atoms with E-state index in [4.69, 9.17) is 4.74 Å². The van der Waals surface area contributed by atoms with Gasteiger partial charge in [0.1, 0.15) is 0 Å². The molecule has 0 unspecified atom stereocenters. The maximum atomic E-state index is 12.9. The molecule has 1 amide bonds. The van der Waals surface area contributed by atoms with Gasteiger partial charge < -0.3 is 4.74 Å². The van der Waals surface area contributed by atoms with E-state index >= 15 is 0 Å². The molecule has 0 spiro atoms. The number of anilines is 2.